The number of rotatable bonds is 7. The third-order valence-corrected chi connectivity index (χ3v) is 7.29. The summed E-state index contributed by atoms with van der Waals surface area (Å²) < 4.78 is 0.598. The lowest BCUT2D eigenvalue weighted by Gasteiger charge is -2.17. The van der Waals surface area contributed by atoms with Gasteiger partial charge in [0.15, 0.2) is 0 Å². The predicted octanol–water partition coefficient (Wildman–Crippen LogP) is 3.27. The number of hydrogen-bond acceptors (Lipinski definition) is 5. The lowest BCUT2D eigenvalue weighted by molar-refractivity contribution is -0.129. The molecule has 0 bridgehead atoms. The number of nitrogens with zero attached hydrogens (tertiary/aromatic N) is 1. The number of pyridine rings is 1. The summed E-state index contributed by atoms with van der Waals surface area (Å²) in [6, 6.07) is 4.77. The third-order valence-electron chi connectivity index (χ3n) is 5.41. The van der Waals surface area contributed by atoms with Crippen LogP contribution in [0.1, 0.15) is 23.9 Å². The molecule has 3 aromatic heterocycles. The summed E-state index contributed by atoms with van der Waals surface area (Å²) in [6.07, 6.45) is 5.01. The number of hydrogen-bond donors (Lipinski definition) is 4. The molecule has 3 atom stereocenters. The Bertz CT molecular complexity index is 1050. The fourth-order valence-electron chi connectivity index (χ4n) is 3.78. The van der Waals surface area contributed by atoms with Gasteiger partial charge in [0, 0.05) is 33.9 Å². The van der Waals surface area contributed by atoms with Crippen LogP contribution < -0.4 is 16.0 Å². The van der Waals surface area contributed by atoms with Gasteiger partial charge in [-0.25, -0.2) is 0 Å². The van der Waals surface area contributed by atoms with E-state index in [1.54, 1.807) is 19.3 Å². The summed E-state index contributed by atoms with van der Waals surface area (Å²) in [5.41, 5.74) is 1.85. The van der Waals surface area contributed by atoms with Gasteiger partial charge in [0.2, 0.25) is 11.8 Å². The van der Waals surface area contributed by atoms with Gasteiger partial charge >= 0.3 is 0 Å². The van der Waals surface area contributed by atoms with Gasteiger partial charge in [-0.05, 0) is 50.4 Å². The molecule has 31 heavy (non-hydrogen) atoms. The number of carbonyl (C=O) groups is 2. The van der Waals surface area contributed by atoms with E-state index in [4.69, 9.17) is 23.2 Å². The number of H-pyrrole nitrogens is 1. The summed E-state index contributed by atoms with van der Waals surface area (Å²) in [4.78, 5) is 33.5. The molecule has 1 fully saturated rings. The number of halogens is 2. The van der Waals surface area contributed by atoms with Crippen molar-refractivity contribution in [1.29, 1.82) is 0 Å². The van der Waals surface area contributed by atoms with E-state index in [2.05, 4.69) is 25.9 Å². The molecule has 2 amide bonds. The Labute approximate surface area is 193 Å². The molecule has 1 saturated heterocycles. The Morgan fingerprint density at radius 1 is 1.35 bits per heavy atom. The van der Waals surface area contributed by atoms with Crippen LogP contribution in [0.25, 0.3) is 10.9 Å². The maximum Gasteiger partial charge on any atom is 0.242 e. The Hall–Kier alpha value is -2.13. The van der Waals surface area contributed by atoms with Gasteiger partial charge in [-0.2, -0.15) is 0 Å². The van der Waals surface area contributed by atoms with E-state index in [0.29, 0.717) is 28.2 Å². The first-order chi connectivity index (χ1) is 14.9. The molecule has 0 aromatic carbocycles. The second-order valence-electron chi connectivity index (χ2n) is 7.81. The molecule has 0 saturated carbocycles. The van der Waals surface area contributed by atoms with E-state index in [9.17, 15) is 9.59 Å². The van der Waals surface area contributed by atoms with Gasteiger partial charge in [0.05, 0.1) is 17.6 Å². The van der Waals surface area contributed by atoms with E-state index in [-0.39, 0.29) is 17.9 Å². The Balaban J connectivity index is 1.23. The fourth-order valence-corrected chi connectivity index (χ4v) is 5.33. The number of amides is 2. The molecule has 4 N–H and O–H groups in total. The number of carbonyl (C=O) groups excluding carboxylic acids is 2. The van der Waals surface area contributed by atoms with E-state index >= 15 is 0 Å². The predicted molar refractivity (Wildman–Crippen MR) is 123 cm³/mol. The van der Waals surface area contributed by atoms with Crippen molar-refractivity contribution in [3.8, 4) is 0 Å². The van der Waals surface area contributed by atoms with E-state index < -0.39 is 6.04 Å². The van der Waals surface area contributed by atoms with Gasteiger partial charge in [0.25, 0.3) is 0 Å². The Morgan fingerprint density at radius 3 is 2.94 bits per heavy atom. The van der Waals surface area contributed by atoms with Crippen LogP contribution in [0.3, 0.4) is 0 Å². The average molecular weight is 480 g/mol. The molecule has 1 unspecified atom stereocenters. The maximum atomic E-state index is 12.6. The molecule has 3 aromatic rings. The molecular weight excluding hydrogens is 457 g/mol. The first-order valence-electron chi connectivity index (χ1n) is 10.1. The van der Waals surface area contributed by atoms with Crippen molar-refractivity contribution in [2.75, 3.05) is 6.54 Å². The van der Waals surface area contributed by atoms with Crippen molar-refractivity contribution < 1.29 is 9.59 Å². The average Bonchev–Trinajstić information content (AvgIpc) is 3.45. The van der Waals surface area contributed by atoms with Crippen LogP contribution in [0, 0.1) is 5.92 Å². The molecule has 4 heterocycles. The number of aromatic amines is 1. The summed E-state index contributed by atoms with van der Waals surface area (Å²) in [7, 11) is 0. The van der Waals surface area contributed by atoms with Crippen molar-refractivity contribution in [1.82, 2.24) is 25.9 Å². The zero-order valence-corrected chi connectivity index (χ0v) is 19.2. The largest absolute Gasteiger partial charge is 0.357 e. The van der Waals surface area contributed by atoms with Crippen LogP contribution >= 0.6 is 34.5 Å². The molecule has 10 heteroatoms. The maximum absolute atomic E-state index is 12.6. The van der Waals surface area contributed by atoms with Crippen LogP contribution in [0.5, 0.6) is 0 Å². The molecular formula is C21H23Cl2N5O2S. The second kappa shape index (κ2) is 9.56. The molecule has 0 spiro atoms. The highest BCUT2D eigenvalue weighted by atomic mass is 35.5. The monoisotopic (exact) mass is 479 g/mol. The lowest BCUT2D eigenvalue weighted by Crippen LogP contribution is -2.49. The quantitative estimate of drug-likeness (QED) is 0.417. The molecule has 0 aliphatic carbocycles. The van der Waals surface area contributed by atoms with Crippen LogP contribution in [0.4, 0.5) is 0 Å². The summed E-state index contributed by atoms with van der Waals surface area (Å²) in [5.74, 6) is -0.0752. The third kappa shape index (κ3) is 5.38. The second-order valence-corrected chi connectivity index (χ2v) is 9.95. The molecule has 1 aliphatic rings. The number of thiophene rings is 1. The highest BCUT2D eigenvalue weighted by molar-refractivity contribution is 7.16. The van der Waals surface area contributed by atoms with Crippen molar-refractivity contribution in [3.63, 3.8) is 0 Å². The van der Waals surface area contributed by atoms with Crippen molar-refractivity contribution >= 4 is 57.3 Å². The van der Waals surface area contributed by atoms with E-state index in [0.717, 1.165) is 34.4 Å². The topological polar surface area (TPSA) is 98.9 Å². The normalized spacial score (nSPS) is 19.5. The standard InChI is InChI=1S/C21H23Cl2N5O2S/c1-11(20(29)26-10-14-6-13-9-24-3-2-17(13)28-14)27-21(30)18-5-12(8-25-18)4-15-7-16(22)19(23)31-15/h2-3,6-7,9,11-12,18,25,28H,4-5,8,10H2,1H3,(H,26,29)(H,27,30)/t11?,12-,18+/m0/s1. The minimum absolute atomic E-state index is 0.163. The Kier molecular flexibility index (Phi) is 6.81. The van der Waals surface area contributed by atoms with Gasteiger partial charge < -0.3 is 20.9 Å². The molecule has 0 radical (unpaired) electrons. The van der Waals surface area contributed by atoms with Crippen molar-refractivity contribution in [2.24, 2.45) is 5.92 Å². The number of aromatic nitrogens is 2. The highest BCUT2D eigenvalue weighted by Gasteiger charge is 2.31. The zero-order valence-electron chi connectivity index (χ0n) is 16.9. The SMILES string of the molecule is CC(NC(=O)[C@H]1C[C@H](Cc2cc(Cl)c(Cl)s2)CN1)C(=O)NCc1cc2cnccc2[nH]1. The molecule has 4 rings (SSSR count). The van der Waals surface area contributed by atoms with Gasteiger partial charge in [0.1, 0.15) is 10.4 Å². The summed E-state index contributed by atoms with van der Waals surface area (Å²) in [5, 5.41) is 10.5. The van der Waals surface area contributed by atoms with Crippen LogP contribution in [-0.4, -0.2) is 40.4 Å². The number of fused-ring (bicyclic) bond motifs is 1. The van der Waals surface area contributed by atoms with Gasteiger partial charge in [-0.3, -0.25) is 14.6 Å². The van der Waals surface area contributed by atoms with Crippen LogP contribution in [0.2, 0.25) is 9.36 Å². The van der Waals surface area contributed by atoms with E-state index in [1.165, 1.54) is 11.3 Å². The minimum atomic E-state index is -0.630. The van der Waals surface area contributed by atoms with E-state index in [1.807, 2.05) is 18.2 Å². The Morgan fingerprint density at radius 2 is 2.19 bits per heavy atom. The smallest absolute Gasteiger partial charge is 0.242 e. The fraction of sp³-hybridized carbons (Fsp3) is 0.381. The van der Waals surface area contributed by atoms with Crippen LogP contribution in [0.15, 0.2) is 30.6 Å². The highest BCUT2D eigenvalue weighted by Crippen LogP contribution is 2.34. The van der Waals surface area contributed by atoms with Gasteiger partial charge in [-0.1, -0.05) is 23.2 Å². The van der Waals surface area contributed by atoms with Crippen LogP contribution in [-0.2, 0) is 22.6 Å². The summed E-state index contributed by atoms with van der Waals surface area (Å²) >= 11 is 13.5. The first kappa shape index (κ1) is 22.1. The van der Waals surface area contributed by atoms with Gasteiger partial charge in [-0.15, -0.1) is 11.3 Å². The number of nitrogens with one attached hydrogen (secondary N) is 4. The minimum Gasteiger partial charge on any atom is -0.357 e. The molecule has 7 nitrogen and oxygen atoms in total. The molecule has 1 aliphatic heterocycles. The van der Waals surface area contributed by atoms with Crippen molar-refractivity contribution in [3.05, 3.63) is 50.5 Å². The van der Waals surface area contributed by atoms with Crippen molar-refractivity contribution in [2.45, 2.75) is 38.4 Å². The zero-order chi connectivity index (χ0) is 22.0. The first-order valence-corrected chi connectivity index (χ1v) is 11.6. The summed E-state index contributed by atoms with van der Waals surface area (Å²) in [6.45, 7) is 2.77. The molecule has 164 valence electrons. The lowest BCUT2D eigenvalue weighted by atomic mass is 10.0.